The maximum absolute atomic E-state index is 5.93. The number of fused-ring (bicyclic) bond motifs is 1. The van der Waals surface area contributed by atoms with E-state index in [9.17, 15) is 0 Å². The average Bonchev–Trinajstić information content (AvgIpc) is 2.53. The van der Waals surface area contributed by atoms with E-state index in [-0.39, 0.29) is 0 Å². The molecule has 0 radical (unpaired) electrons. The van der Waals surface area contributed by atoms with Gasteiger partial charge in [-0.1, -0.05) is 43.3 Å². The molecule has 1 atom stereocenters. The lowest BCUT2D eigenvalue weighted by atomic mass is 9.85. The lowest BCUT2D eigenvalue weighted by Crippen LogP contribution is -2.18. The van der Waals surface area contributed by atoms with Gasteiger partial charge in [0.05, 0.1) is 6.61 Å². The summed E-state index contributed by atoms with van der Waals surface area (Å²) in [5, 5.41) is 3.48. The summed E-state index contributed by atoms with van der Waals surface area (Å²) in [4.78, 5) is 0. The summed E-state index contributed by atoms with van der Waals surface area (Å²) in [6, 6.07) is 17.1. The third kappa shape index (κ3) is 2.51. The van der Waals surface area contributed by atoms with E-state index in [1.54, 1.807) is 0 Å². The molecule has 2 aromatic rings. The molecule has 0 spiro atoms. The van der Waals surface area contributed by atoms with Crippen LogP contribution in [-0.2, 0) is 0 Å². The highest BCUT2D eigenvalue weighted by Gasteiger charge is 2.23. The van der Waals surface area contributed by atoms with Crippen molar-refractivity contribution < 1.29 is 4.74 Å². The van der Waals surface area contributed by atoms with E-state index >= 15 is 0 Å². The zero-order chi connectivity index (χ0) is 13.8. The third-order valence-corrected chi connectivity index (χ3v) is 3.84. The van der Waals surface area contributed by atoms with Crippen LogP contribution in [0.2, 0.25) is 0 Å². The fourth-order valence-corrected chi connectivity index (χ4v) is 2.90. The van der Waals surface area contributed by atoms with Crippen molar-refractivity contribution in [3.8, 4) is 5.75 Å². The van der Waals surface area contributed by atoms with Gasteiger partial charge in [0.2, 0.25) is 0 Å². The van der Waals surface area contributed by atoms with Gasteiger partial charge in [0.15, 0.2) is 0 Å². The molecule has 0 amide bonds. The first-order valence-corrected chi connectivity index (χ1v) is 7.44. The first-order chi connectivity index (χ1) is 9.90. The lowest BCUT2D eigenvalue weighted by Gasteiger charge is -2.28. The number of para-hydroxylation sites is 2. The summed E-state index contributed by atoms with van der Waals surface area (Å²) in [5.41, 5.74) is 3.95. The molecule has 1 N–H and O–H groups in total. The van der Waals surface area contributed by atoms with E-state index in [2.05, 4.69) is 60.8 Å². The smallest absolute Gasteiger partial charge is 0.123 e. The number of ether oxygens (including phenoxy) is 1. The van der Waals surface area contributed by atoms with E-state index in [0.29, 0.717) is 5.92 Å². The highest BCUT2D eigenvalue weighted by molar-refractivity contribution is 5.58. The zero-order valence-electron chi connectivity index (χ0n) is 11.9. The number of hydrogen-bond donors (Lipinski definition) is 1. The summed E-state index contributed by atoms with van der Waals surface area (Å²) in [6.07, 6.45) is 2.15. The molecular formula is C18H21NO. The van der Waals surface area contributed by atoms with Crippen LogP contribution in [0.1, 0.15) is 36.8 Å². The number of benzene rings is 2. The minimum absolute atomic E-state index is 0.431. The predicted octanol–water partition coefficient (Wildman–Crippen LogP) is 4.42. The van der Waals surface area contributed by atoms with Crippen molar-refractivity contribution in [2.45, 2.75) is 25.7 Å². The van der Waals surface area contributed by atoms with E-state index in [4.69, 9.17) is 4.74 Å². The average molecular weight is 267 g/mol. The monoisotopic (exact) mass is 267 g/mol. The molecule has 2 heteroatoms. The van der Waals surface area contributed by atoms with Gasteiger partial charge < -0.3 is 10.1 Å². The summed E-state index contributed by atoms with van der Waals surface area (Å²) in [7, 11) is 0. The van der Waals surface area contributed by atoms with Gasteiger partial charge in [0.1, 0.15) is 5.75 Å². The van der Waals surface area contributed by atoms with Crippen molar-refractivity contribution in [2.75, 3.05) is 18.5 Å². The van der Waals surface area contributed by atoms with Crippen molar-refractivity contribution in [1.29, 1.82) is 0 Å². The molecule has 2 aromatic carbocycles. The predicted molar refractivity (Wildman–Crippen MR) is 83.6 cm³/mol. The van der Waals surface area contributed by atoms with Crippen molar-refractivity contribution in [2.24, 2.45) is 0 Å². The number of nitrogens with one attached hydrogen (secondary N) is 1. The molecule has 0 bridgehead atoms. The quantitative estimate of drug-likeness (QED) is 0.885. The molecule has 1 aliphatic rings. The van der Waals surface area contributed by atoms with E-state index in [0.717, 1.165) is 31.7 Å². The Morgan fingerprint density at radius 3 is 2.65 bits per heavy atom. The fraction of sp³-hybridized carbons (Fsp3) is 0.333. The molecule has 0 fully saturated rings. The number of rotatable bonds is 4. The highest BCUT2D eigenvalue weighted by Crippen LogP contribution is 2.39. The minimum atomic E-state index is 0.431. The molecule has 2 nitrogen and oxygen atoms in total. The standard InChI is InChI=1S/C18H21NO/c1-2-13-20-18-10-6-4-8-16(18)14-11-12-19-17-9-5-3-7-15(14)17/h3-10,14,19H,2,11-13H2,1H3. The molecule has 1 heterocycles. The van der Waals surface area contributed by atoms with Crippen LogP contribution in [-0.4, -0.2) is 13.2 Å². The molecule has 104 valence electrons. The van der Waals surface area contributed by atoms with Gasteiger partial charge in [-0.3, -0.25) is 0 Å². The van der Waals surface area contributed by atoms with Crippen LogP contribution in [0.15, 0.2) is 48.5 Å². The highest BCUT2D eigenvalue weighted by atomic mass is 16.5. The molecule has 0 aliphatic carbocycles. The van der Waals surface area contributed by atoms with Crippen LogP contribution in [0, 0.1) is 0 Å². The fourth-order valence-electron chi connectivity index (χ4n) is 2.90. The van der Waals surface area contributed by atoms with Gasteiger partial charge in [-0.2, -0.15) is 0 Å². The second-order valence-electron chi connectivity index (χ2n) is 5.24. The Bertz CT molecular complexity index is 579. The molecule has 0 saturated carbocycles. The molecule has 0 saturated heterocycles. The zero-order valence-corrected chi connectivity index (χ0v) is 11.9. The van der Waals surface area contributed by atoms with Gasteiger partial charge in [-0.25, -0.2) is 0 Å². The van der Waals surface area contributed by atoms with Gasteiger partial charge in [-0.05, 0) is 30.5 Å². The normalized spacial score (nSPS) is 17.1. The Morgan fingerprint density at radius 1 is 1.05 bits per heavy atom. The number of hydrogen-bond acceptors (Lipinski definition) is 2. The van der Waals surface area contributed by atoms with Crippen LogP contribution in [0.4, 0.5) is 5.69 Å². The molecule has 20 heavy (non-hydrogen) atoms. The minimum Gasteiger partial charge on any atom is -0.493 e. The summed E-state index contributed by atoms with van der Waals surface area (Å²) < 4.78 is 5.93. The molecule has 1 unspecified atom stereocenters. The Kier molecular flexibility index (Phi) is 3.91. The van der Waals surface area contributed by atoms with E-state index in [1.165, 1.54) is 16.8 Å². The first-order valence-electron chi connectivity index (χ1n) is 7.44. The Balaban J connectivity index is 1.98. The molecule has 0 aromatic heterocycles. The van der Waals surface area contributed by atoms with Gasteiger partial charge in [0.25, 0.3) is 0 Å². The molecular weight excluding hydrogens is 246 g/mol. The Morgan fingerprint density at radius 2 is 1.80 bits per heavy atom. The van der Waals surface area contributed by atoms with Crippen molar-refractivity contribution in [3.05, 3.63) is 59.7 Å². The largest absolute Gasteiger partial charge is 0.493 e. The van der Waals surface area contributed by atoms with E-state index < -0.39 is 0 Å². The Hall–Kier alpha value is -1.96. The second kappa shape index (κ2) is 6.00. The SMILES string of the molecule is CCCOc1ccccc1C1CCNc2ccccc21. The van der Waals surface area contributed by atoms with Crippen LogP contribution >= 0.6 is 0 Å². The van der Waals surface area contributed by atoms with Crippen molar-refractivity contribution in [1.82, 2.24) is 0 Å². The van der Waals surface area contributed by atoms with Crippen LogP contribution in [0.25, 0.3) is 0 Å². The van der Waals surface area contributed by atoms with Crippen molar-refractivity contribution >= 4 is 5.69 Å². The van der Waals surface area contributed by atoms with Crippen LogP contribution in [0.5, 0.6) is 5.75 Å². The molecule has 1 aliphatic heterocycles. The lowest BCUT2D eigenvalue weighted by molar-refractivity contribution is 0.312. The third-order valence-electron chi connectivity index (χ3n) is 3.84. The second-order valence-corrected chi connectivity index (χ2v) is 5.24. The summed E-state index contributed by atoms with van der Waals surface area (Å²) in [5.74, 6) is 1.47. The first kappa shape index (κ1) is 13.0. The van der Waals surface area contributed by atoms with Gasteiger partial charge in [0, 0.05) is 23.7 Å². The number of anilines is 1. The maximum Gasteiger partial charge on any atom is 0.123 e. The maximum atomic E-state index is 5.93. The van der Waals surface area contributed by atoms with E-state index in [1.807, 2.05) is 0 Å². The van der Waals surface area contributed by atoms with Crippen LogP contribution in [0.3, 0.4) is 0 Å². The topological polar surface area (TPSA) is 21.3 Å². The van der Waals surface area contributed by atoms with Crippen LogP contribution < -0.4 is 10.1 Å². The van der Waals surface area contributed by atoms with Crippen molar-refractivity contribution in [3.63, 3.8) is 0 Å². The summed E-state index contributed by atoms with van der Waals surface area (Å²) >= 11 is 0. The molecule has 3 rings (SSSR count). The summed E-state index contributed by atoms with van der Waals surface area (Å²) in [6.45, 7) is 3.94. The Labute approximate surface area is 120 Å². The van der Waals surface area contributed by atoms with Gasteiger partial charge >= 0.3 is 0 Å². The van der Waals surface area contributed by atoms with Gasteiger partial charge in [-0.15, -0.1) is 0 Å².